The van der Waals surface area contributed by atoms with Gasteiger partial charge in [-0.15, -0.1) is 13.2 Å². The first-order valence-electron chi connectivity index (χ1n) is 10.9. The Hall–Kier alpha value is -3.96. The number of aryl methyl sites for hydroxylation is 1. The number of carbonyl (C=O) groups excluding carboxylic acids is 2. The Morgan fingerprint density at radius 2 is 1.57 bits per heavy atom. The second-order valence-electron chi connectivity index (χ2n) is 7.87. The third kappa shape index (κ3) is 6.43. The Morgan fingerprint density at radius 1 is 0.946 bits per heavy atom. The van der Waals surface area contributed by atoms with Gasteiger partial charge in [0.2, 0.25) is 0 Å². The number of nitrogens with zero attached hydrogens (tertiary/aromatic N) is 2. The van der Waals surface area contributed by atoms with Gasteiger partial charge in [0.15, 0.2) is 0 Å². The van der Waals surface area contributed by atoms with Gasteiger partial charge in [-0.25, -0.2) is 0 Å². The molecule has 1 aromatic heterocycles. The standard InChI is InChI=1S/C25H22F6N2O4/c1-4-36-22(34)14-32(17-9-11-18(12-10-17)37-25(29,30)31)23(35)19-13-15(2)33(16(19)3)21-8-6-5-7-20(21)24(26,27)28/h5-13H,4,14H2,1-3H3. The molecule has 3 rings (SSSR count). The predicted octanol–water partition coefficient (Wildman–Crippen LogP) is 6.22. The number of carbonyl (C=O) groups is 2. The molecule has 1 heterocycles. The Morgan fingerprint density at radius 3 is 2.14 bits per heavy atom. The van der Waals surface area contributed by atoms with E-state index in [0.29, 0.717) is 5.69 Å². The summed E-state index contributed by atoms with van der Waals surface area (Å²) in [6, 6.07) is 10.5. The summed E-state index contributed by atoms with van der Waals surface area (Å²) >= 11 is 0. The van der Waals surface area contributed by atoms with Crippen molar-refractivity contribution in [1.29, 1.82) is 0 Å². The van der Waals surface area contributed by atoms with Crippen LogP contribution in [0.3, 0.4) is 0 Å². The third-order valence-corrected chi connectivity index (χ3v) is 5.33. The van der Waals surface area contributed by atoms with E-state index in [2.05, 4.69) is 4.74 Å². The molecule has 3 aromatic rings. The molecule has 2 aromatic carbocycles. The van der Waals surface area contributed by atoms with Gasteiger partial charge in [-0.05, 0) is 63.2 Å². The molecule has 0 aliphatic carbocycles. The summed E-state index contributed by atoms with van der Waals surface area (Å²) in [7, 11) is 0. The number of amides is 1. The predicted molar refractivity (Wildman–Crippen MR) is 122 cm³/mol. The Bertz CT molecular complexity index is 1280. The number of rotatable bonds is 7. The molecule has 0 fully saturated rings. The number of ether oxygens (including phenoxy) is 2. The van der Waals surface area contributed by atoms with Crippen molar-refractivity contribution < 1.29 is 45.4 Å². The summed E-state index contributed by atoms with van der Waals surface area (Å²) in [5.74, 6) is -2.09. The maximum absolute atomic E-state index is 13.6. The molecule has 1 amide bonds. The SMILES string of the molecule is CCOC(=O)CN(C(=O)c1cc(C)n(-c2ccccc2C(F)(F)F)c1C)c1ccc(OC(F)(F)F)cc1. The Balaban J connectivity index is 2.06. The van der Waals surface area contributed by atoms with Gasteiger partial charge in [0.25, 0.3) is 5.91 Å². The van der Waals surface area contributed by atoms with Crippen LogP contribution in [-0.4, -0.2) is 36.0 Å². The zero-order chi connectivity index (χ0) is 27.5. The minimum absolute atomic E-state index is 0.00519. The lowest BCUT2D eigenvalue weighted by molar-refractivity contribution is -0.274. The highest BCUT2D eigenvalue weighted by Gasteiger charge is 2.35. The highest BCUT2D eigenvalue weighted by molar-refractivity contribution is 6.09. The second kappa shape index (κ2) is 10.6. The number of alkyl halides is 6. The number of halogens is 6. The summed E-state index contributed by atoms with van der Waals surface area (Å²) in [6.07, 6.45) is -9.58. The van der Waals surface area contributed by atoms with Crippen LogP contribution >= 0.6 is 0 Å². The molecule has 0 aliphatic heterocycles. The van der Waals surface area contributed by atoms with E-state index in [0.717, 1.165) is 35.2 Å². The molecule has 0 aliphatic rings. The zero-order valence-corrected chi connectivity index (χ0v) is 19.9. The number of hydrogen-bond acceptors (Lipinski definition) is 4. The van der Waals surface area contributed by atoms with E-state index in [1.54, 1.807) is 6.92 Å². The largest absolute Gasteiger partial charge is 0.573 e. The topological polar surface area (TPSA) is 60.8 Å². The first-order chi connectivity index (χ1) is 17.2. The van der Waals surface area contributed by atoms with Gasteiger partial charge in [-0.2, -0.15) is 13.2 Å². The van der Waals surface area contributed by atoms with Crippen molar-refractivity contribution in [3.05, 3.63) is 77.1 Å². The maximum atomic E-state index is 13.6. The van der Waals surface area contributed by atoms with Gasteiger partial charge in [0, 0.05) is 17.1 Å². The fourth-order valence-electron chi connectivity index (χ4n) is 3.85. The van der Waals surface area contributed by atoms with E-state index in [-0.39, 0.29) is 29.2 Å². The second-order valence-corrected chi connectivity index (χ2v) is 7.87. The van der Waals surface area contributed by atoms with Crippen molar-refractivity contribution in [1.82, 2.24) is 4.57 Å². The lowest BCUT2D eigenvalue weighted by Crippen LogP contribution is -2.37. The number of benzene rings is 2. The van der Waals surface area contributed by atoms with E-state index < -0.39 is 42.3 Å². The molecule has 0 saturated carbocycles. The van der Waals surface area contributed by atoms with Gasteiger partial charge in [-0.3, -0.25) is 14.5 Å². The van der Waals surface area contributed by atoms with E-state index in [9.17, 15) is 35.9 Å². The van der Waals surface area contributed by atoms with Crippen LogP contribution in [0.4, 0.5) is 32.0 Å². The van der Waals surface area contributed by atoms with Crippen molar-refractivity contribution in [3.8, 4) is 11.4 Å². The van der Waals surface area contributed by atoms with Crippen LogP contribution in [0.25, 0.3) is 5.69 Å². The van der Waals surface area contributed by atoms with Gasteiger partial charge in [0.05, 0.1) is 23.4 Å². The van der Waals surface area contributed by atoms with Crippen molar-refractivity contribution in [2.24, 2.45) is 0 Å². The number of hydrogen-bond donors (Lipinski definition) is 0. The molecule has 0 atom stereocenters. The Labute approximate surface area is 208 Å². The highest BCUT2D eigenvalue weighted by atomic mass is 19.4. The molecule has 0 bridgehead atoms. The van der Waals surface area contributed by atoms with E-state index in [4.69, 9.17) is 4.74 Å². The summed E-state index contributed by atoms with van der Waals surface area (Å²) in [6.45, 7) is 3.96. The smallest absolute Gasteiger partial charge is 0.465 e. The lowest BCUT2D eigenvalue weighted by atomic mass is 10.1. The molecule has 0 spiro atoms. The van der Waals surface area contributed by atoms with E-state index in [1.807, 2.05) is 0 Å². The van der Waals surface area contributed by atoms with Crippen molar-refractivity contribution in [2.45, 2.75) is 33.3 Å². The van der Waals surface area contributed by atoms with E-state index >= 15 is 0 Å². The molecule has 0 radical (unpaired) electrons. The quantitative estimate of drug-likeness (QED) is 0.270. The first-order valence-corrected chi connectivity index (χ1v) is 10.9. The Kier molecular flexibility index (Phi) is 7.89. The number of anilines is 1. The van der Waals surface area contributed by atoms with Crippen LogP contribution in [0.1, 0.15) is 34.2 Å². The average Bonchev–Trinajstić information content (AvgIpc) is 3.10. The molecular weight excluding hydrogens is 506 g/mol. The summed E-state index contributed by atoms with van der Waals surface area (Å²) in [5, 5.41) is 0. The van der Waals surface area contributed by atoms with Crippen molar-refractivity contribution in [2.75, 3.05) is 18.1 Å². The number of para-hydroxylation sites is 1. The molecule has 6 nitrogen and oxygen atoms in total. The van der Waals surface area contributed by atoms with Gasteiger partial charge in [0.1, 0.15) is 12.3 Å². The molecule has 198 valence electrons. The van der Waals surface area contributed by atoms with E-state index in [1.165, 1.54) is 42.7 Å². The van der Waals surface area contributed by atoms with Gasteiger partial charge < -0.3 is 14.0 Å². The minimum Gasteiger partial charge on any atom is -0.465 e. The fraction of sp³-hybridized carbons (Fsp3) is 0.280. The average molecular weight is 528 g/mol. The zero-order valence-electron chi connectivity index (χ0n) is 19.9. The van der Waals surface area contributed by atoms with Crippen LogP contribution < -0.4 is 9.64 Å². The molecule has 12 heteroatoms. The summed E-state index contributed by atoms with van der Waals surface area (Å²) in [5.41, 5.74) is -0.552. The van der Waals surface area contributed by atoms with Crippen LogP contribution in [0.15, 0.2) is 54.6 Å². The van der Waals surface area contributed by atoms with Gasteiger partial charge >= 0.3 is 18.5 Å². The molecular formula is C25H22F6N2O4. The lowest BCUT2D eigenvalue weighted by Gasteiger charge is -2.23. The molecule has 0 saturated heterocycles. The van der Waals surface area contributed by atoms with Crippen LogP contribution in [0.5, 0.6) is 5.75 Å². The van der Waals surface area contributed by atoms with Crippen molar-refractivity contribution >= 4 is 17.6 Å². The van der Waals surface area contributed by atoms with Gasteiger partial charge in [-0.1, -0.05) is 12.1 Å². The van der Waals surface area contributed by atoms with Crippen LogP contribution in [-0.2, 0) is 15.7 Å². The summed E-state index contributed by atoms with van der Waals surface area (Å²) in [4.78, 5) is 26.8. The minimum atomic E-state index is -4.92. The number of esters is 1. The first kappa shape index (κ1) is 27.6. The maximum Gasteiger partial charge on any atom is 0.573 e. The molecule has 37 heavy (non-hydrogen) atoms. The van der Waals surface area contributed by atoms with Crippen LogP contribution in [0.2, 0.25) is 0 Å². The fourth-order valence-corrected chi connectivity index (χ4v) is 3.85. The van der Waals surface area contributed by atoms with Crippen molar-refractivity contribution in [3.63, 3.8) is 0 Å². The highest BCUT2D eigenvalue weighted by Crippen LogP contribution is 2.36. The molecule has 0 N–H and O–H groups in total. The summed E-state index contributed by atoms with van der Waals surface area (Å²) < 4.78 is 88.5. The normalized spacial score (nSPS) is 11.8. The number of aromatic nitrogens is 1. The monoisotopic (exact) mass is 528 g/mol. The third-order valence-electron chi connectivity index (χ3n) is 5.33. The molecule has 0 unspecified atom stereocenters. The van der Waals surface area contributed by atoms with Crippen LogP contribution in [0, 0.1) is 13.8 Å².